The number of aromatic nitrogens is 3. The van der Waals surface area contributed by atoms with Crippen LogP contribution < -0.4 is 5.56 Å². The summed E-state index contributed by atoms with van der Waals surface area (Å²) in [5, 5.41) is 8.40. The van der Waals surface area contributed by atoms with Gasteiger partial charge in [-0.3, -0.25) is 14.5 Å². The maximum absolute atomic E-state index is 12.5. The topological polar surface area (TPSA) is 71.3 Å². The molecule has 0 saturated carbocycles. The fourth-order valence-corrected chi connectivity index (χ4v) is 3.04. The van der Waals surface area contributed by atoms with Gasteiger partial charge < -0.3 is 4.90 Å². The summed E-state index contributed by atoms with van der Waals surface area (Å²) in [5.74, 6) is -0.0834. The first-order valence-electron chi connectivity index (χ1n) is 7.94. The van der Waals surface area contributed by atoms with Crippen LogP contribution in [0, 0.1) is 0 Å². The van der Waals surface area contributed by atoms with Gasteiger partial charge in [0.1, 0.15) is 12.1 Å². The first kappa shape index (κ1) is 15.6. The van der Waals surface area contributed by atoms with Gasteiger partial charge in [0.2, 0.25) is 5.91 Å². The number of rotatable bonds is 3. The summed E-state index contributed by atoms with van der Waals surface area (Å²) in [6.45, 7) is 7.49. The van der Waals surface area contributed by atoms with Crippen LogP contribution in [0.1, 0.15) is 13.8 Å². The van der Waals surface area contributed by atoms with E-state index in [0.29, 0.717) is 17.4 Å². The van der Waals surface area contributed by atoms with Gasteiger partial charge in [-0.25, -0.2) is 4.68 Å². The molecule has 1 aromatic heterocycles. The molecule has 1 atom stereocenters. The number of carbonyl (C=O) groups excluding carboxylic acids is 1. The van der Waals surface area contributed by atoms with Gasteiger partial charge in [0.15, 0.2) is 0 Å². The van der Waals surface area contributed by atoms with Gasteiger partial charge in [-0.2, -0.15) is 0 Å². The zero-order valence-electron chi connectivity index (χ0n) is 13.5. The molecule has 1 amide bonds. The number of likely N-dealkylation sites (N-methyl/N-ethyl adjacent to an activating group) is 1. The van der Waals surface area contributed by atoms with Gasteiger partial charge in [0.25, 0.3) is 5.56 Å². The fourth-order valence-electron chi connectivity index (χ4n) is 3.04. The van der Waals surface area contributed by atoms with E-state index in [1.807, 2.05) is 11.8 Å². The first-order chi connectivity index (χ1) is 11.1. The number of carbonyl (C=O) groups is 1. The molecule has 2 heterocycles. The van der Waals surface area contributed by atoms with Crippen LogP contribution in [0.2, 0.25) is 0 Å². The lowest BCUT2D eigenvalue weighted by Gasteiger charge is -2.39. The molecule has 1 aliphatic rings. The van der Waals surface area contributed by atoms with E-state index in [2.05, 4.69) is 22.1 Å². The molecule has 0 bridgehead atoms. The number of nitrogens with zero attached hydrogens (tertiary/aromatic N) is 5. The Morgan fingerprint density at radius 2 is 2.09 bits per heavy atom. The van der Waals surface area contributed by atoms with Crippen LogP contribution in [0.25, 0.3) is 10.9 Å². The van der Waals surface area contributed by atoms with Crippen molar-refractivity contribution in [2.75, 3.05) is 26.2 Å². The van der Waals surface area contributed by atoms with Gasteiger partial charge in [0.05, 0.1) is 5.39 Å². The van der Waals surface area contributed by atoms with Crippen LogP contribution in [-0.2, 0) is 11.3 Å². The Kier molecular flexibility index (Phi) is 4.38. The third kappa shape index (κ3) is 3.10. The van der Waals surface area contributed by atoms with Crippen LogP contribution in [-0.4, -0.2) is 62.9 Å². The molecule has 3 rings (SSSR count). The molecule has 2 aromatic rings. The van der Waals surface area contributed by atoms with Gasteiger partial charge >= 0.3 is 0 Å². The summed E-state index contributed by atoms with van der Waals surface area (Å²) in [6.07, 6.45) is 0. The smallest absolute Gasteiger partial charge is 0.278 e. The molecule has 7 nitrogen and oxygen atoms in total. The zero-order chi connectivity index (χ0) is 16.4. The third-order valence-electron chi connectivity index (χ3n) is 4.39. The molecule has 1 aromatic carbocycles. The van der Waals surface area contributed by atoms with Crippen LogP contribution in [0.4, 0.5) is 0 Å². The minimum absolute atomic E-state index is 0.0624. The van der Waals surface area contributed by atoms with Crippen molar-refractivity contribution in [3.8, 4) is 0 Å². The molecule has 1 aliphatic heterocycles. The molecule has 0 spiro atoms. The Morgan fingerprint density at radius 3 is 2.83 bits per heavy atom. The largest absolute Gasteiger partial charge is 0.336 e. The lowest BCUT2D eigenvalue weighted by atomic mass is 10.2. The minimum Gasteiger partial charge on any atom is -0.336 e. The van der Waals surface area contributed by atoms with Crippen molar-refractivity contribution in [3.63, 3.8) is 0 Å². The van der Waals surface area contributed by atoms with Crippen LogP contribution in [0.3, 0.4) is 0 Å². The van der Waals surface area contributed by atoms with Crippen molar-refractivity contribution < 1.29 is 4.79 Å². The molecule has 7 heteroatoms. The van der Waals surface area contributed by atoms with E-state index < -0.39 is 0 Å². The SMILES string of the molecule is CCN1CCN(C(=O)Cn2nnc3ccccc3c2=O)C(C)C1. The Bertz CT molecular complexity index is 772. The minimum atomic E-state index is -0.274. The van der Waals surface area contributed by atoms with E-state index in [4.69, 9.17) is 0 Å². The van der Waals surface area contributed by atoms with Gasteiger partial charge in [-0.1, -0.05) is 24.3 Å². The van der Waals surface area contributed by atoms with Crippen molar-refractivity contribution in [1.29, 1.82) is 0 Å². The third-order valence-corrected chi connectivity index (χ3v) is 4.39. The van der Waals surface area contributed by atoms with Gasteiger partial charge in [0, 0.05) is 25.7 Å². The molecular weight excluding hydrogens is 294 g/mol. The second kappa shape index (κ2) is 6.45. The van der Waals surface area contributed by atoms with Gasteiger partial charge in [-0.15, -0.1) is 5.10 Å². The number of piperazine rings is 1. The number of benzene rings is 1. The highest BCUT2D eigenvalue weighted by molar-refractivity contribution is 5.78. The molecule has 1 fully saturated rings. The second-order valence-corrected chi connectivity index (χ2v) is 5.90. The molecule has 1 unspecified atom stereocenters. The summed E-state index contributed by atoms with van der Waals surface area (Å²) >= 11 is 0. The highest BCUT2D eigenvalue weighted by atomic mass is 16.2. The molecular formula is C16H21N5O2. The summed E-state index contributed by atoms with van der Waals surface area (Å²) in [4.78, 5) is 29.1. The van der Waals surface area contributed by atoms with Crippen molar-refractivity contribution in [3.05, 3.63) is 34.6 Å². The zero-order valence-corrected chi connectivity index (χ0v) is 13.5. The Balaban J connectivity index is 1.78. The Hall–Kier alpha value is -2.28. The standard InChI is InChI=1S/C16H21N5O2/c1-3-19-8-9-20(12(2)10-19)15(22)11-21-16(23)13-6-4-5-7-14(13)17-18-21/h4-7,12H,3,8-11H2,1-2H3. The number of hydrogen-bond donors (Lipinski definition) is 0. The van der Waals surface area contributed by atoms with Crippen LogP contribution in [0.15, 0.2) is 29.1 Å². The highest BCUT2D eigenvalue weighted by Gasteiger charge is 2.27. The normalized spacial score (nSPS) is 19.2. The maximum atomic E-state index is 12.5. The van der Waals surface area contributed by atoms with E-state index in [9.17, 15) is 9.59 Å². The lowest BCUT2D eigenvalue weighted by molar-refractivity contribution is -0.136. The predicted octanol–water partition coefficient (Wildman–Crippen LogP) is 0.344. The van der Waals surface area contributed by atoms with E-state index >= 15 is 0 Å². The summed E-state index contributed by atoms with van der Waals surface area (Å²) in [6, 6.07) is 7.17. The molecule has 0 radical (unpaired) electrons. The lowest BCUT2D eigenvalue weighted by Crippen LogP contribution is -2.54. The monoisotopic (exact) mass is 315 g/mol. The van der Waals surface area contributed by atoms with E-state index in [1.54, 1.807) is 24.3 Å². The number of fused-ring (bicyclic) bond motifs is 1. The van der Waals surface area contributed by atoms with E-state index in [1.165, 1.54) is 0 Å². The molecule has 0 aliphatic carbocycles. The Morgan fingerprint density at radius 1 is 1.30 bits per heavy atom. The highest BCUT2D eigenvalue weighted by Crippen LogP contribution is 2.10. The van der Waals surface area contributed by atoms with Crippen molar-refractivity contribution in [1.82, 2.24) is 24.8 Å². The number of amides is 1. The van der Waals surface area contributed by atoms with Crippen LogP contribution in [0.5, 0.6) is 0 Å². The quantitative estimate of drug-likeness (QED) is 0.817. The second-order valence-electron chi connectivity index (χ2n) is 5.90. The molecule has 1 saturated heterocycles. The maximum Gasteiger partial charge on any atom is 0.278 e. The first-order valence-corrected chi connectivity index (χ1v) is 7.94. The van der Waals surface area contributed by atoms with Crippen molar-refractivity contribution in [2.45, 2.75) is 26.4 Å². The average molecular weight is 315 g/mol. The summed E-state index contributed by atoms with van der Waals surface area (Å²) in [5.41, 5.74) is 0.273. The van der Waals surface area contributed by atoms with Crippen LogP contribution >= 0.6 is 0 Å². The number of hydrogen-bond acceptors (Lipinski definition) is 5. The average Bonchev–Trinajstić information content (AvgIpc) is 2.57. The van der Waals surface area contributed by atoms with Gasteiger partial charge in [-0.05, 0) is 25.6 Å². The summed E-state index contributed by atoms with van der Waals surface area (Å²) < 4.78 is 1.16. The van der Waals surface area contributed by atoms with E-state index in [-0.39, 0.29) is 24.1 Å². The fraction of sp³-hybridized carbons (Fsp3) is 0.500. The predicted molar refractivity (Wildman–Crippen MR) is 87.1 cm³/mol. The summed E-state index contributed by atoms with van der Waals surface area (Å²) in [7, 11) is 0. The Labute approximate surface area is 134 Å². The van der Waals surface area contributed by atoms with Crippen molar-refractivity contribution in [2.24, 2.45) is 0 Å². The van der Waals surface area contributed by atoms with Crippen molar-refractivity contribution >= 4 is 16.8 Å². The molecule has 23 heavy (non-hydrogen) atoms. The van der Waals surface area contributed by atoms with E-state index in [0.717, 1.165) is 24.3 Å². The molecule has 122 valence electrons. The molecule has 0 N–H and O–H groups in total.